The number of nitrogens with zero attached hydrogens (tertiary/aromatic N) is 2. The largest absolute Gasteiger partial charge is 0.446 e. The Morgan fingerprint density at radius 2 is 1.92 bits per heavy atom. The molecule has 1 amide bonds. The molecule has 0 radical (unpaired) electrons. The monoisotopic (exact) mass is 529 g/mol. The van der Waals surface area contributed by atoms with Crippen LogP contribution in [-0.2, 0) is 19.7 Å². The van der Waals surface area contributed by atoms with E-state index < -0.39 is 28.0 Å². The van der Waals surface area contributed by atoms with Crippen molar-refractivity contribution < 1.29 is 31.5 Å². The number of benzene rings is 1. The second-order valence-electron chi connectivity index (χ2n) is 10.6. The summed E-state index contributed by atoms with van der Waals surface area (Å²) in [4.78, 5) is 14.1. The number of nitrogens with one attached hydrogen (secondary N) is 1. The molecule has 11 heteroatoms. The molecule has 2 atom stereocenters. The first kappa shape index (κ1) is 27.2. The fourth-order valence-electron chi connectivity index (χ4n) is 4.96. The molecule has 0 bridgehead atoms. The lowest BCUT2D eigenvalue weighted by molar-refractivity contribution is -0.0182. The second kappa shape index (κ2) is 11.3. The molecule has 1 heterocycles. The quantitative estimate of drug-likeness (QED) is 0.528. The Morgan fingerprint density at radius 3 is 2.56 bits per heavy atom. The fourth-order valence-corrected chi connectivity index (χ4v) is 5.87. The van der Waals surface area contributed by atoms with E-state index in [1.807, 2.05) is 6.07 Å². The minimum Gasteiger partial charge on any atom is -0.446 e. The van der Waals surface area contributed by atoms with Crippen molar-refractivity contribution in [1.29, 1.82) is 0 Å². The van der Waals surface area contributed by atoms with E-state index in [4.69, 9.17) is 9.47 Å². The van der Waals surface area contributed by atoms with Crippen molar-refractivity contribution in [2.75, 3.05) is 40.4 Å². The Balaban J connectivity index is 1.33. The van der Waals surface area contributed by atoms with Gasteiger partial charge < -0.3 is 14.4 Å². The molecule has 2 aliphatic carbocycles. The average Bonchev–Trinajstić information content (AvgIpc) is 3.59. The molecule has 1 unspecified atom stereocenters. The van der Waals surface area contributed by atoms with Gasteiger partial charge in [0.15, 0.2) is 0 Å². The first-order chi connectivity index (χ1) is 17.0. The van der Waals surface area contributed by atoms with Crippen molar-refractivity contribution in [3.8, 4) is 0 Å². The first-order valence-corrected chi connectivity index (χ1v) is 14.2. The van der Waals surface area contributed by atoms with Crippen LogP contribution < -0.4 is 4.72 Å². The van der Waals surface area contributed by atoms with Crippen molar-refractivity contribution >= 4 is 16.3 Å². The van der Waals surface area contributed by atoms with Crippen LogP contribution in [0, 0.1) is 11.7 Å². The molecule has 1 aliphatic heterocycles. The van der Waals surface area contributed by atoms with Crippen molar-refractivity contribution in [3.05, 3.63) is 35.6 Å². The topological polar surface area (TPSA) is 88.2 Å². The first-order valence-electron chi connectivity index (χ1n) is 12.7. The molecule has 1 aromatic carbocycles. The average molecular weight is 530 g/mol. The summed E-state index contributed by atoms with van der Waals surface area (Å²) in [5, 5.41) is 0. The molecule has 4 rings (SSSR count). The lowest BCUT2D eigenvalue weighted by Crippen LogP contribution is -2.55. The van der Waals surface area contributed by atoms with Crippen molar-refractivity contribution in [2.24, 2.45) is 5.92 Å². The van der Waals surface area contributed by atoms with Gasteiger partial charge in [0.25, 0.3) is 10.2 Å². The fraction of sp³-hybridized carbons (Fsp3) is 0.720. The van der Waals surface area contributed by atoms with Gasteiger partial charge in [-0.3, -0.25) is 0 Å². The molecule has 3 aliphatic rings. The number of ether oxygens (including phenoxy) is 2. The van der Waals surface area contributed by atoms with Crippen LogP contribution in [0.5, 0.6) is 0 Å². The number of amides is 1. The standard InChI is InChI=1S/C25H37F2N3O5S/c1-29(2)36(32,33)28-23-10-13-30(24(31)35-17-25(27)11-12-25)15-20(23)16-34-22-8-6-18(7-9-22)19-4-3-5-21(26)14-19/h3-5,14,18,20,22-23,28H,6-13,15-17H2,1-2H3/t18?,20-,22?,23?/m0/s1. The Kier molecular flexibility index (Phi) is 8.53. The number of hydrogen-bond acceptors (Lipinski definition) is 5. The van der Waals surface area contributed by atoms with E-state index in [-0.39, 0.29) is 37.6 Å². The van der Waals surface area contributed by atoms with Crippen molar-refractivity contribution in [1.82, 2.24) is 13.9 Å². The van der Waals surface area contributed by atoms with Gasteiger partial charge in [0.05, 0.1) is 12.7 Å². The molecule has 2 saturated carbocycles. The number of likely N-dealkylation sites (tertiary alicyclic amines) is 1. The number of piperidine rings is 1. The molecule has 0 spiro atoms. The van der Waals surface area contributed by atoms with Crippen LogP contribution in [0.15, 0.2) is 24.3 Å². The molecule has 1 aromatic rings. The number of halogens is 2. The molecule has 0 aromatic heterocycles. The number of rotatable bonds is 9. The van der Waals surface area contributed by atoms with Gasteiger partial charge in [-0.05, 0) is 68.6 Å². The Bertz CT molecular complexity index is 1010. The molecular weight excluding hydrogens is 492 g/mol. The van der Waals surface area contributed by atoms with E-state index in [1.165, 1.54) is 25.1 Å². The molecule has 1 N–H and O–H groups in total. The van der Waals surface area contributed by atoms with Crippen LogP contribution in [0.4, 0.5) is 13.6 Å². The summed E-state index contributed by atoms with van der Waals surface area (Å²) in [6.07, 6.45) is 4.09. The van der Waals surface area contributed by atoms with Gasteiger partial charge in [-0.15, -0.1) is 0 Å². The summed E-state index contributed by atoms with van der Waals surface area (Å²) < 4.78 is 67.7. The van der Waals surface area contributed by atoms with E-state index in [0.717, 1.165) is 35.6 Å². The third kappa shape index (κ3) is 7.14. The van der Waals surface area contributed by atoms with Crippen molar-refractivity contribution in [3.63, 3.8) is 0 Å². The van der Waals surface area contributed by atoms with Crippen LogP contribution in [0.2, 0.25) is 0 Å². The van der Waals surface area contributed by atoms with E-state index in [9.17, 15) is 22.0 Å². The Labute approximate surface area is 212 Å². The van der Waals surface area contributed by atoms with Gasteiger partial charge >= 0.3 is 6.09 Å². The van der Waals surface area contributed by atoms with Gasteiger partial charge in [-0.2, -0.15) is 17.4 Å². The van der Waals surface area contributed by atoms with Crippen LogP contribution in [-0.4, -0.2) is 81.9 Å². The predicted octanol–water partition coefficient (Wildman–Crippen LogP) is 3.59. The third-order valence-electron chi connectivity index (χ3n) is 7.56. The molecule has 8 nitrogen and oxygen atoms in total. The lowest BCUT2D eigenvalue weighted by atomic mass is 9.82. The summed E-state index contributed by atoms with van der Waals surface area (Å²) in [5.74, 6) is -0.205. The molecular formula is C25H37F2N3O5S. The zero-order valence-electron chi connectivity index (χ0n) is 21.0. The van der Waals surface area contributed by atoms with Crippen LogP contribution in [0.3, 0.4) is 0 Å². The number of hydrogen-bond donors (Lipinski definition) is 1. The minimum atomic E-state index is -3.66. The van der Waals surface area contributed by atoms with Gasteiger partial charge in [0.1, 0.15) is 18.1 Å². The zero-order valence-corrected chi connectivity index (χ0v) is 21.8. The maximum absolute atomic E-state index is 13.9. The normalized spacial score (nSPS) is 28.2. The minimum absolute atomic E-state index is 0.0181. The molecule has 1 saturated heterocycles. The summed E-state index contributed by atoms with van der Waals surface area (Å²) in [6.45, 7) is 0.618. The lowest BCUT2D eigenvalue weighted by Gasteiger charge is -2.39. The maximum atomic E-state index is 13.9. The van der Waals surface area contributed by atoms with E-state index >= 15 is 0 Å². The summed E-state index contributed by atoms with van der Waals surface area (Å²) in [7, 11) is -0.741. The summed E-state index contributed by atoms with van der Waals surface area (Å²) >= 11 is 0. The Hall–Kier alpha value is -1.82. The number of carbonyl (C=O) groups is 1. The van der Waals surface area contributed by atoms with Gasteiger partial charge in [-0.1, -0.05) is 12.1 Å². The van der Waals surface area contributed by atoms with Gasteiger partial charge in [-0.25, -0.2) is 13.6 Å². The molecule has 3 fully saturated rings. The van der Waals surface area contributed by atoms with Crippen LogP contribution >= 0.6 is 0 Å². The predicted molar refractivity (Wildman–Crippen MR) is 131 cm³/mol. The highest BCUT2D eigenvalue weighted by Gasteiger charge is 2.45. The van der Waals surface area contributed by atoms with Gasteiger partial charge in [0.2, 0.25) is 0 Å². The van der Waals surface area contributed by atoms with E-state index in [0.29, 0.717) is 31.7 Å². The van der Waals surface area contributed by atoms with Gasteiger partial charge in [0, 0.05) is 39.1 Å². The van der Waals surface area contributed by atoms with Crippen molar-refractivity contribution in [2.45, 2.75) is 68.7 Å². The second-order valence-corrected chi connectivity index (χ2v) is 12.5. The molecule has 36 heavy (non-hydrogen) atoms. The number of alkyl halides is 1. The third-order valence-corrected chi connectivity index (χ3v) is 9.12. The van der Waals surface area contributed by atoms with Crippen LogP contribution in [0.25, 0.3) is 0 Å². The summed E-state index contributed by atoms with van der Waals surface area (Å²) in [6, 6.07) is 6.34. The highest BCUT2D eigenvalue weighted by molar-refractivity contribution is 7.87. The van der Waals surface area contributed by atoms with Crippen LogP contribution in [0.1, 0.15) is 56.4 Å². The maximum Gasteiger partial charge on any atom is 0.409 e. The van der Waals surface area contributed by atoms with E-state index in [1.54, 1.807) is 12.1 Å². The highest BCUT2D eigenvalue weighted by atomic mass is 32.2. The SMILES string of the molecule is CN(C)S(=O)(=O)NC1CCN(C(=O)OCC2(F)CC2)C[C@H]1COC1CCC(c2cccc(F)c2)CC1. The van der Waals surface area contributed by atoms with E-state index in [2.05, 4.69) is 4.72 Å². The highest BCUT2D eigenvalue weighted by Crippen LogP contribution is 2.40. The number of carbonyl (C=O) groups excluding carboxylic acids is 1. The molecule has 202 valence electrons. The summed E-state index contributed by atoms with van der Waals surface area (Å²) in [5.41, 5.74) is -0.378. The Morgan fingerprint density at radius 1 is 1.19 bits per heavy atom. The smallest absolute Gasteiger partial charge is 0.409 e. The zero-order chi connectivity index (χ0) is 25.9.